The molecule has 1 heterocycles. The van der Waals surface area contributed by atoms with E-state index in [0.717, 1.165) is 49.0 Å². The Balaban J connectivity index is 1.73. The maximum absolute atomic E-state index is 13.6. The van der Waals surface area contributed by atoms with Crippen LogP contribution in [0.25, 0.3) is 0 Å². The number of rotatable bonds is 11. The van der Waals surface area contributed by atoms with Gasteiger partial charge in [0.1, 0.15) is 6.54 Å². The Morgan fingerprint density at radius 1 is 1.00 bits per heavy atom. The summed E-state index contributed by atoms with van der Waals surface area (Å²) in [5.74, 6) is 0.479. The van der Waals surface area contributed by atoms with Gasteiger partial charge in [-0.2, -0.15) is 0 Å². The Labute approximate surface area is 208 Å². The van der Waals surface area contributed by atoms with Gasteiger partial charge in [0.2, 0.25) is 5.91 Å². The molecule has 2 aromatic carbocycles. The summed E-state index contributed by atoms with van der Waals surface area (Å²) in [5.41, 5.74) is 1.26. The number of methoxy groups -OCH3 is 2. The van der Waals surface area contributed by atoms with E-state index in [9.17, 15) is 13.2 Å². The minimum atomic E-state index is -4.00. The Morgan fingerprint density at radius 3 is 2.29 bits per heavy atom. The summed E-state index contributed by atoms with van der Waals surface area (Å²) in [7, 11) is 1.10. The summed E-state index contributed by atoms with van der Waals surface area (Å²) in [6, 6.07) is 11.4. The van der Waals surface area contributed by atoms with E-state index in [1.54, 1.807) is 42.5 Å². The number of nitrogens with one attached hydrogen (secondary N) is 1. The van der Waals surface area contributed by atoms with E-state index in [4.69, 9.17) is 9.47 Å². The van der Waals surface area contributed by atoms with Gasteiger partial charge in [0.15, 0.2) is 11.5 Å². The van der Waals surface area contributed by atoms with Crippen LogP contribution in [0.4, 0.5) is 5.69 Å². The zero-order chi connectivity index (χ0) is 25.4. The number of ether oxygens (including phenoxy) is 2. The second kappa shape index (κ2) is 12.2. The normalized spacial score (nSPS) is 15.0. The van der Waals surface area contributed by atoms with Crippen LogP contribution in [0, 0.1) is 6.92 Å². The molecule has 0 spiro atoms. The molecule has 2 aromatic rings. The molecule has 0 unspecified atom stereocenters. The summed E-state index contributed by atoms with van der Waals surface area (Å²) in [4.78, 5) is 17.6. The smallest absolute Gasteiger partial charge is 0.264 e. The summed E-state index contributed by atoms with van der Waals surface area (Å²) in [6.07, 6.45) is 0.802. The van der Waals surface area contributed by atoms with Crippen molar-refractivity contribution in [2.75, 3.05) is 71.4 Å². The van der Waals surface area contributed by atoms with E-state index in [1.807, 2.05) is 6.92 Å². The lowest BCUT2D eigenvalue weighted by atomic mass is 10.2. The third-order valence-corrected chi connectivity index (χ3v) is 7.91. The lowest BCUT2D eigenvalue weighted by Gasteiger charge is -2.32. The quantitative estimate of drug-likeness (QED) is 0.468. The van der Waals surface area contributed by atoms with E-state index in [-0.39, 0.29) is 17.3 Å². The molecule has 1 N–H and O–H groups in total. The van der Waals surface area contributed by atoms with E-state index in [2.05, 4.69) is 22.2 Å². The van der Waals surface area contributed by atoms with Crippen LogP contribution in [0.1, 0.15) is 12.0 Å². The highest BCUT2D eigenvalue weighted by Gasteiger charge is 2.28. The number of aryl methyl sites for hydroxylation is 1. The number of amides is 1. The molecular formula is C25H36N4O5S. The van der Waals surface area contributed by atoms with Crippen LogP contribution in [-0.4, -0.2) is 91.2 Å². The highest BCUT2D eigenvalue weighted by atomic mass is 32.2. The molecule has 192 valence electrons. The maximum Gasteiger partial charge on any atom is 0.264 e. The fraction of sp³-hybridized carbons (Fsp3) is 0.480. The summed E-state index contributed by atoms with van der Waals surface area (Å²) >= 11 is 0. The van der Waals surface area contributed by atoms with Gasteiger partial charge in [-0.1, -0.05) is 17.7 Å². The number of nitrogens with zero attached hydrogens (tertiary/aromatic N) is 3. The topological polar surface area (TPSA) is 91.4 Å². The van der Waals surface area contributed by atoms with Gasteiger partial charge in [0, 0.05) is 38.8 Å². The summed E-state index contributed by atoms with van der Waals surface area (Å²) < 4.78 is 38.9. The molecule has 0 aromatic heterocycles. The molecule has 1 aliphatic heterocycles. The van der Waals surface area contributed by atoms with E-state index >= 15 is 0 Å². The van der Waals surface area contributed by atoms with Crippen LogP contribution < -0.4 is 19.1 Å². The molecule has 3 rings (SSSR count). The van der Waals surface area contributed by atoms with Crippen molar-refractivity contribution in [3.63, 3.8) is 0 Å². The molecule has 0 saturated carbocycles. The molecule has 0 aliphatic carbocycles. The van der Waals surface area contributed by atoms with Gasteiger partial charge in [-0.15, -0.1) is 0 Å². The average molecular weight is 505 g/mol. The molecular weight excluding hydrogens is 468 g/mol. The molecule has 0 radical (unpaired) electrons. The van der Waals surface area contributed by atoms with Crippen LogP contribution in [0.15, 0.2) is 47.4 Å². The van der Waals surface area contributed by atoms with Crippen molar-refractivity contribution in [3.05, 3.63) is 48.0 Å². The first-order chi connectivity index (χ1) is 16.7. The molecule has 1 saturated heterocycles. The van der Waals surface area contributed by atoms with Gasteiger partial charge in [-0.25, -0.2) is 8.42 Å². The standard InChI is InChI=1S/C25H36N4O5S/c1-20-6-9-22(10-7-20)35(31,32)29(21-8-11-23(33-3)24(18-21)34-4)19-25(30)26-12-5-13-28-16-14-27(2)15-17-28/h6-11,18H,5,12-17,19H2,1-4H3,(H,26,30). The van der Waals surface area contributed by atoms with Gasteiger partial charge in [-0.05, 0) is 51.2 Å². The maximum atomic E-state index is 13.6. The van der Waals surface area contributed by atoms with Gasteiger partial charge in [0.05, 0.1) is 24.8 Å². The zero-order valence-electron chi connectivity index (χ0n) is 21.0. The fourth-order valence-electron chi connectivity index (χ4n) is 3.92. The van der Waals surface area contributed by atoms with Crippen molar-refractivity contribution in [3.8, 4) is 11.5 Å². The first kappa shape index (κ1) is 26.8. The van der Waals surface area contributed by atoms with Crippen molar-refractivity contribution < 1.29 is 22.7 Å². The number of carbonyl (C=O) groups excluding carboxylic acids is 1. The third-order valence-electron chi connectivity index (χ3n) is 6.12. The number of carbonyl (C=O) groups is 1. The lowest BCUT2D eigenvalue weighted by Crippen LogP contribution is -2.45. The number of anilines is 1. The van der Waals surface area contributed by atoms with Crippen molar-refractivity contribution >= 4 is 21.6 Å². The SMILES string of the molecule is COc1ccc(N(CC(=O)NCCCN2CCN(C)CC2)S(=O)(=O)c2ccc(C)cc2)cc1OC. The van der Waals surface area contributed by atoms with Crippen molar-refractivity contribution in [1.29, 1.82) is 0 Å². The number of hydrogen-bond donors (Lipinski definition) is 1. The molecule has 1 fully saturated rings. The Bertz CT molecular complexity index is 1080. The number of sulfonamides is 1. The average Bonchev–Trinajstić information content (AvgIpc) is 2.86. The first-order valence-corrected chi connectivity index (χ1v) is 13.2. The minimum Gasteiger partial charge on any atom is -0.493 e. The second-order valence-corrected chi connectivity index (χ2v) is 10.6. The van der Waals surface area contributed by atoms with Crippen molar-refractivity contribution in [2.24, 2.45) is 0 Å². The first-order valence-electron chi connectivity index (χ1n) is 11.7. The molecule has 10 heteroatoms. The van der Waals surface area contributed by atoms with Gasteiger partial charge < -0.3 is 24.6 Å². The minimum absolute atomic E-state index is 0.112. The van der Waals surface area contributed by atoms with E-state index in [1.165, 1.54) is 14.2 Å². The number of likely N-dealkylation sites (N-methyl/N-ethyl adjacent to an activating group) is 1. The number of piperazine rings is 1. The molecule has 1 aliphatic rings. The van der Waals surface area contributed by atoms with E-state index in [0.29, 0.717) is 23.7 Å². The van der Waals surface area contributed by atoms with Crippen LogP contribution in [0.3, 0.4) is 0 Å². The Kier molecular flexibility index (Phi) is 9.36. The van der Waals surface area contributed by atoms with Crippen LogP contribution in [0.2, 0.25) is 0 Å². The predicted molar refractivity (Wildman–Crippen MR) is 137 cm³/mol. The largest absolute Gasteiger partial charge is 0.493 e. The van der Waals surface area contributed by atoms with E-state index < -0.39 is 10.0 Å². The molecule has 9 nitrogen and oxygen atoms in total. The Morgan fingerprint density at radius 2 is 1.66 bits per heavy atom. The third kappa shape index (κ3) is 7.09. The monoisotopic (exact) mass is 504 g/mol. The zero-order valence-corrected chi connectivity index (χ0v) is 21.8. The highest BCUT2D eigenvalue weighted by Crippen LogP contribution is 2.33. The number of benzene rings is 2. The predicted octanol–water partition coefficient (Wildman–Crippen LogP) is 1.96. The lowest BCUT2D eigenvalue weighted by molar-refractivity contribution is -0.119. The van der Waals surface area contributed by atoms with Crippen LogP contribution in [-0.2, 0) is 14.8 Å². The Hall–Kier alpha value is -2.82. The van der Waals surface area contributed by atoms with Gasteiger partial charge in [-0.3, -0.25) is 9.10 Å². The van der Waals surface area contributed by atoms with Gasteiger partial charge >= 0.3 is 0 Å². The summed E-state index contributed by atoms with van der Waals surface area (Å²) in [5, 5.41) is 2.88. The molecule has 35 heavy (non-hydrogen) atoms. The summed E-state index contributed by atoms with van der Waals surface area (Å²) in [6.45, 7) is 7.05. The molecule has 1 amide bonds. The molecule has 0 bridgehead atoms. The number of hydrogen-bond acceptors (Lipinski definition) is 7. The van der Waals surface area contributed by atoms with Crippen molar-refractivity contribution in [1.82, 2.24) is 15.1 Å². The fourth-order valence-corrected chi connectivity index (χ4v) is 5.33. The highest BCUT2D eigenvalue weighted by molar-refractivity contribution is 7.92. The van der Waals surface area contributed by atoms with Gasteiger partial charge in [0.25, 0.3) is 10.0 Å². The van der Waals surface area contributed by atoms with Crippen LogP contribution in [0.5, 0.6) is 11.5 Å². The van der Waals surface area contributed by atoms with Crippen molar-refractivity contribution in [2.45, 2.75) is 18.2 Å². The van der Waals surface area contributed by atoms with Crippen LogP contribution >= 0.6 is 0 Å². The second-order valence-electron chi connectivity index (χ2n) is 8.71. The molecule has 0 atom stereocenters.